The largest absolute Gasteiger partial charge is 0.465 e. The van der Waals surface area contributed by atoms with Gasteiger partial charge < -0.3 is 14.4 Å². The Bertz CT molecular complexity index is 1090. The van der Waals surface area contributed by atoms with Crippen molar-refractivity contribution >= 4 is 69.7 Å². The summed E-state index contributed by atoms with van der Waals surface area (Å²) in [6.07, 6.45) is 0.716. The molecule has 1 aromatic carbocycles. The Balaban J connectivity index is 2.25. The molecule has 0 aromatic heterocycles. The Morgan fingerprint density at radius 3 is 2.12 bits per heavy atom. The molecular weight excluding hydrogens is 478 g/mol. The van der Waals surface area contributed by atoms with Gasteiger partial charge in [-0.15, -0.1) is 0 Å². The van der Waals surface area contributed by atoms with Gasteiger partial charge in [0, 0.05) is 17.1 Å². The van der Waals surface area contributed by atoms with Crippen molar-refractivity contribution in [3.63, 3.8) is 0 Å². The number of hydrogen-bond donors (Lipinski definition) is 0. The number of carbonyl (C=O) groups excluding carboxylic acids is 3. The van der Waals surface area contributed by atoms with E-state index >= 15 is 0 Å². The van der Waals surface area contributed by atoms with Crippen molar-refractivity contribution < 1.29 is 23.9 Å². The summed E-state index contributed by atoms with van der Waals surface area (Å²) in [5, 5.41) is 0. The molecule has 2 heterocycles. The zero-order valence-corrected chi connectivity index (χ0v) is 22.2. The zero-order chi connectivity index (χ0) is 24.7. The highest BCUT2D eigenvalue weighted by Crippen LogP contribution is 2.56. The number of thiocarbonyl (C=S) groups is 1. The van der Waals surface area contributed by atoms with Gasteiger partial charge in [-0.2, -0.15) is 0 Å². The fraction of sp³-hybridized carbons (Fsp3) is 0.417. The first-order chi connectivity index (χ1) is 15.5. The van der Waals surface area contributed by atoms with E-state index in [4.69, 9.17) is 21.7 Å². The second-order valence-corrected chi connectivity index (χ2v) is 11.1. The van der Waals surface area contributed by atoms with E-state index in [0.717, 1.165) is 45.9 Å². The number of amides is 1. The minimum absolute atomic E-state index is 0.0103. The highest BCUT2D eigenvalue weighted by molar-refractivity contribution is 8.29. The fourth-order valence-electron chi connectivity index (χ4n) is 3.72. The van der Waals surface area contributed by atoms with Crippen LogP contribution in [0.5, 0.6) is 0 Å². The van der Waals surface area contributed by atoms with Gasteiger partial charge in [0.1, 0.15) is 9.81 Å². The van der Waals surface area contributed by atoms with E-state index < -0.39 is 17.5 Å². The van der Waals surface area contributed by atoms with E-state index in [1.165, 1.54) is 14.2 Å². The van der Waals surface area contributed by atoms with E-state index in [1.807, 2.05) is 52.8 Å². The second-order valence-electron chi connectivity index (χ2n) is 8.40. The Morgan fingerprint density at radius 1 is 1.09 bits per heavy atom. The summed E-state index contributed by atoms with van der Waals surface area (Å²) < 4.78 is 10.5. The first-order valence-corrected chi connectivity index (χ1v) is 12.5. The molecule has 0 spiro atoms. The number of methoxy groups -OCH3 is 2. The molecule has 9 heteroatoms. The lowest BCUT2D eigenvalue weighted by atomic mass is 9.82. The Kier molecular flexibility index (Phi) is 7.45. The average Bonchev–Trinajstić information content (AvgIpc) is 3.23. The molecule has 0 bridgehead atoms. The maximum atomic E-state index is 13.5. The number of benzene rings is 1. The van der Waals surface area contributed by atoms with Crippen LogP contribution in [0.2, 0.25) is 0 Å². The molecule has 6 nitrogen and oxygen atoms in total. The van der Waals surface area contributed by atoms with Crippen LogP contribution in [0.4, 0.5) is 5.69 Å². The highest BCUT2D eigenvalue weighted by Gasteiger charge is 2.46. The Hall–Kier alpha value is -2.10. The van der Waals surface area contributed by atoms with Crippen LogP contribution < -0.4 is 4.90 Å². The minimum atomic E-state index is -0.792. The van der Waals surface area contributed by atoms with Gasteiger partial charge in [-0.1, -0.05) is 61.7 Å². The van der Waals surface area contributed by atoms with Crippen LogP contribution >= 0.6 is 35.7 Å². The van der Waals surface area contributed by atoms with Gasteiger partial charge in [-0.05, 0) is 38.8 Å². The lowest BCUT2D eigenvalue weighted by molar-refractivity contribution is -0.138. The second kappa shape index (κ2) is 9.64. The molecule has 1 amide bonds. The molecule has 3 rings (SSSR count). The fourth-order valence-corrected chi connectivity index (χ4v) is 6.75. The zero-order valence-electron chi connectivity index (χ0n) is 19.7. The number of nitrogens with zero attached hydrogens (tertiary/aromatic N) is 1. The van der Waals surface area contributed by atoms with Crippen molar-refractivity contribution in [3.05, 3.63) is 43.4 Å². The summed E-state index contributed by atoms with van der Waals surface area (Å²) in [5.41, 5.74) is 2.53. The van der Waals surface area contributed by atoms with Crippen LogP contribution in [-0.4, -0.2) is 42.5 Å². The molecular formula is C24H27NO5S3. The molecule has 0 aliphatic carbocycles. The topological polar surface area (TPSA) is 72.9 Å². The standard InChI is InChI=1S/C24H27NO5S3/c1-8-13(3)20(26)25-15-11-12(2)9-10-14(15)16(19(31)24(25,4)5)23-32-17(21(27)29-6)18(33-23)22(28)30-7/h9-11,13H,8H2,1-7H3/t13-/m0/s1. The number of carbonyl (C=O) groups is 3. The summed E-state index contributed by atoms with van der Waals surface area (Å²) in [6, 6.07) is 5.90. The maximum Gasteiger partial charge on any atom is 0.346 e. The van der Waals surface area contributed by atoms with Crippen LogP contribution in [0, 0.1) is 12.8 Å². The normalized spacial score (nSPS) is 18.3. The third-order valence-corrected chi connectivity index (χ3v) is 9.06. The first kappa shape index (κ1) is 25.5. The summed E-state index contributed by atoms with van der Waals surface area (Å²) in [5.74, 6) is -1.37. The lowest BCUT2D eigenvalue weighted by Gasteiger charge is -2.46. The monoisotopic (exact) mass is 505 g/mol. The number of anilines is 1. The predicted molar refractivity (Wildman–Crippen MR) is 138 cm³/mol. The minimum Gasteiger partial charge on any atom is -0.465 e. The molecule has 33 heavy (non-hydrogen) atoms. The molecule has 0 saturated heterocycles. The lowest BCUT2D eigenvalue weighted by Crippen LogP contribution is -2.57. The van der Waals surface area contributed by atoms with Gasteiger partial charge in [0.15, 0.2) is 0 Å². The van der Waals surface area contributed by atoms with E-state index in [-0.39, 0.29) is 21.6 Å². The van der Waals surface area contributed by atoms with E-state index in [9.17, 15) is 14.4 Å². The summed E-state index contributed by atoms with van der Waals surface area (Å²) in [7, 11) is 2.54. The van der Waals surface area contributed by atoms with Gasteiger partial charge in [0.05, 0.1) is 34.5 Å². The van der Waals surface area contributed by atoms with E-state index in [0.29, 0.717) is 15.5 Å². The number of fused-ring (bicyclic) bond motifs is 1. The molecule has 0 saturated carbocycles. The van der Waals surface area contributed by atoms with Crippen molar-refractivity contribution in [3.8, 4) is 0 Å². The Labute approximate surface area is 208 Å². The number of esters is 2. The van der Waals surface area contributed by atoms with Crippen LogP contribution in [0.3, 0.4) is 0 Å². The van der Waals surface area contributed by atoms with Gasteiger partial charge in [0.2, 0.25) is 5.91 Å². The number of aryl methyl sites for hydroxylation is 1. The molecule has 0 unspecified atom stereocenters. The van der Waals surface area contributed by atoms with Crippen molar-refractivity contribution in [2.45, 2.75) is 46.6 Å². The number of hydrogen-bond acceptors (Lipinski definition) is 8. The Morgan fingerprint density at radius 2 is 1.64 bits per heavy atom. The van der Waals surface area contributed by atoms with Gasteiger partial charge >= 0.3 is 11.9 Å². The first-order valence-electron chi connectivity index (χ1n) is 10.5. The molecule has 2 aliphatic heterocycles. The number of thioether (sulfide) groups is 2. The van der Waals surface area contributed by atoms with Gasteiger partial charge in [-0.3, -0.25) is 4.79 Å². The summed E-state index contributed by atoms with van der Waals surface area (Å²) in [6.45, 7) is 9.75. The van der Waals surface area contributed by atoms with Crippen molar-refractivity contribution in [2.75, 3.05) is 19.1 Å². The molecule has 1 atom stereocenters. The number of rotatable bonds is 4. The summed E-state index contributed by atoms with van der Waals surface area (Å²) in [4.78, 5) is 41.0. The van der Waals surface area contributed by atoms with Crippen molar-refractivity contribution in [1.29, 1.82) is 0 Å². The third kappa shape index (κ3) is 4.38. The molecule has 0 radical (unpaired) electrons. The molecule has 2 aliphatic rings. The third-order valence-electron chi connectivity index (χ3n) is 5.80. The predicted octanol–water partition coefficient (Wildman–Crippen LogP) is 5.24. The molecule has 176 valence electrons. The number of ether oxygens (including phenoxy) is 2. The summed E-state index contributed by atoms with van der Waals surface area (Å²) >= 11 is 8.26. The van der Waals surface area contributed by atoms with E-state index in [2.05, 4.69) is 0 Å². The van der Waals surface area contributed by atoms with Crippen LogP contribution in [0.1, 0.15) is 45.2 Å². The van der Waals surface area contributed by atoms with Crippen LogP contribution in [0.15, 0.2) is 32.2 Å². The SMILES string of the molecule is CC[C@H](C)C(=O)N1c2cc(C)ccc2C(=C2SC(C(=O)OC)=C(C(=O)OC)S2)C(=S)C1(C)C. The molecule has 0 N–H and O–H groups in total. The smallest absolute Gasteiger partial charge is 0.346 e. The van der Waals surface area contributed by atoms with Crippen LogP contribution in [0.25, 0.3) is 5.57 Å². The average molecular weight is 506 g/mol. The quantitative estimate of drug-likeness (QED) is 0.312. The molecule has 0 fully saturated rings. The van der Waals surface area contributed by atoms with Crippen molar-refractivity contribution in [2.24, 2.45) is 5.92 Å². The highest BCUT2D eigenvalue weighted by atomic mass is 32.2. The van der Waals surface area contributed by atoms with Gasteiger partial charge in [-0.25, -0.2) is 9.59 Å². The maximum absolute atomic E-state index is 13.5. The van der Waals surface area contributed by atoms with Crippen LogP contribution in [-0.2, 0) is 23.9 Å². The van der Waals surface area contributed by atoms with Gasteiger partial charge in [0.25, 0.3) is 0 Å². The van der Waals surface area contributed by atoms with E-state index in [1.54, 1.807) is 4.90 Å². The van der Waals surface area contributed by atoms with Crippen molar-refractivity contribution in [1.82, 2.24) is 0 Å². The molecule has 1 aromatic rings.